The number of aromatic hydroxyl groups is 1. The minimum absolute atomic E-state index is 0.0995. The zero-order chi connectivity index (χ0) is 12.1. The lowest BCUT2D eigenvalue weighted by molar-refractivity contribution is -0.384. The topological polar surface area (TPSA) is 89.7 Å². The van der Waals surface area contributed by atoms with Gasteiger partial charge in [-0.3, -0.25) is 14.9 Å². The highest BCUT2D eigenvalue weighted by atomic mass is 16.6. The summed E-state index contributed by atoms with van der Waals surface area (Å²) >= 11 is 0. The molecule has 1 N–H and O–H groups in total. The molecule has 0 radical (unpaired) electrons. The summed E-state index contributed by atoms with van der Waals surface area (Å²) in [6.07, 6.45) is -0.0995. The van der Waals surface area contributed by atoms with Gasteiger partial charge in [-0.1, -0.05) is 0 Å². The second kappa shape index (κ2) is 5.11. The molecule has 6 nitrogen and oxygen atoms in total. The number of nitrogens with zero attached hydrogens (tertiary/aromatic N) is 1. The molecule has 1 aromatic rings. The fraction of sp³-hybridized carbons (Fsp3) is 0.300. The molecule has 6 heteroatoms. The first kappa shape index (κ1) is 12.0. The number of hydrogen-bond donors (Lipinski definition) is 1. The number of carbonyl (C=O) groups is 1. The van der Waals surface area contributed by atoms with Crippen LogP contribution in [0.1, 0.15) is 12.5 Å². The van der Waals surface area contributed by atoms with Crippen LogP contribution in [0, 0.1) is 10.1 Å². The number of esters is 1. The van der Waals surface area contributed by atoms with E-state index < -0.39 is 10.9 Å². The summed E-state index contributed by atoms with van der Waals surface area (Å²) in [6, 6.07) is 3.58. The molecule has 0 heterocycles. The average Bonchev–Trinajstić information content (AvgIpc) is 2.21. The van der Waals surface area contributed by atoms with E-state index >= 15 is 0 Å². The van der Waals surface area contributed by atoms with Crippen molar-refractivity contribution in [1.29, 1.82) is 0 Å². The van der Waals surface area contributed by atoms with Crippen LogP contribution in [-0.2, 0) is 16.0 Å². The van der Waals surface area contributed by atoms with Gasteiger partial charge in [0.05, 0.1) is 24.0 Å². The van der Waals surface area contributed by atoms with E-state index in [2.05, 4.69) is 0 Å². The largest absolute Gasteiger partial charge is 0.507 e. The quantitative estimate of drug-likeness (QED) is 0.475. The van der Waals surface area contributed by atoms with Gasteiger partial charge in [0.25, 0.3) is 5.69 Å². The Hall–Kier alpha value is -2.11. The predicted octanol–water partition coefficient (Wildman–Crippen LogP) is 1.41. The van der Waals surface area contributed by atoms with Gasteiger partial charge in [0, 0.05) is 11.6 Å². The molecule has 0 atom stereocenters. The van der Waals surface area contributed by atoms with Gasteiger partial charge in [-0.2, -0.15) is 0 Å². The number of hydrogen-bond acceptors (Lipinski definition) is 5. The Labute approximate surface area is 91.6 Å². The van der Waals surface area contributed by atoms with Gasteiger partial charge in [0.1, 0.15) is 5.75 Å². The number of phenolic OH excluding ortho intramolecular Hbond substituents is 1. The lowest BCUT2D eigenvalue weighted by atomic mass is 10.1. The number of phenols is 1. The number of nitro groups is 1. The van der Waals surface area contributed by atoms with Gasteiger partial charge in [0.15, 0.2) is 0 Å². The highest BCUT2D eigenvalue weighted by Gasteiger charge is 2.12. The van der Waals surface area contributed by atoms with Crippen molar-refractivity contribution in [2.75, 3.05) is 6.61 Å². The Morgan fingerprint density at radius 3 is 2.75 bits per heavy atom. The van der Waals surface area contributed by atoms with Crippen molar-refractivity contribution in [2.45, 2.75) is 13.3 Å². The lowest BCUT2D eigenvalue weighted by Crippen LogP contribution is -2.07. The van der Waals surface area contributed by atoms with E-state index in [1.165, 1.54) is 12.1 Å². The summed E-state index contributed by atoms with van der Waals surface area (Å²) in [5, 5.41) is 19.8. The van der Waals surface area contributed by atoms with Crippen LogP contribution in [0.3, 0.4) is 0 Å². The number of carbonyl (C=O) groups excluding carboxylic acids is 1. The number of benzene rings is 1. The fourth-order valence-electron chi connectivity index (χ4n) is 1.18. The van der Waals surface area contributed by atoms with Crippen LogP contribution < -0.4 is 0 Å². The van der Waals surface area contributed by atoms with Crippen LogP contribution in [0.5, 0.6) is 5.75 Å². The molecule has 0 saturated carbocycles. The standard InChI is InChI=1S/C10H11NO5/c1-2-16-10(13)5-7-3-4-8(11(14)15)6-9(7)12/h3-4,6,12H,2,5H2,1H3. The Morgan fingerprint density at radius 2 is 2.25 bits per heavy atom. The van der Waals surface area contributed by atoms with Gasteiger partial charge in [-0.05, 0) is 13.0 Å². The van der Waals surface area contributed by atoms with Gasteiger partial charge in [0.2, 0.25) is 0 Å². The highest BCUT2D eigenvalue weighted by molar-refractivity contribution is 5.73. The van der Waals surface area contributed by atoms with Crippen LogP contribution in [0.25, 0.3) is 0 Å². The van der Waals surface area contributed by atoms with Crippen LogP contribution in [0.15, 0.2) is 18.2 Å². The van der Waals surface area contributed by atoms with Crippen molar-refractivity contribution in [3.05, 3.63) is 33.9 Å². The smallest absolute Gasteiger partial charge is 0.310 e. The van der Waals surface area contributed by atoms with Crippen molar-refractivity contribution in [1.82, 2.24) is 0 Å². The number of nitro benzene ring substituents is 1. The predicted molar refractivity (Wildman–Crippen MR) is 55.1 cm³/mol. The molecule has 0 unspecified atom stereocenters. The summed E-state index contributed by atoms with van der Waals surface area (Å²) in [6.45, 7) is 1.93. The maximum absolute atomic E-state index is 11.1. The molecule has 1 aromatic carbocycles. The lowest BCUT2D eigenvalue weighted by Gasteiger charge is -2.04. The van der Waals surface area contributed by atoms with Crippen LogP contribution in [-0.4, -0.2) is 22.6 Å². The van der Waals surface area contributed by atoms with E-state index in [-0.39, 0.29) is 24.5 Å². The van der Waals surface area contributed by atoms with E-state index in [4.69, 9.17) is 4.74 Å². The maximum Gasteiger partial charge on any atom is 0.310 e. The SMILES string of the molecule is CCOC(=O)Cc1ccc([N+](=O)[O-])cc1O. The fourth-order valence-corrected chi connectivity index (χ4v) is 1.18. The van der Waals surface area contributed by atoms with Crippen molar-refractivity contribution in [3.63, 3.8) is 0 Å². The molecule has 0 aliphatic rings. The van der Waals surface area contributed by atoms with E-state index in [1.807, 2.05) is 0 Å². The zero-order valence-corrected chi connectivity index (χ0v) is 8.67. The normalized spacial score (nSPS) is 9.81. The summed E-state index contributed by atoms with van der Waals surface area (Å²) in [7, 11) is 0. The van der Waals surface area contributed by atoms with Gasteiger partial charge >= 0.3 is 5.97 Å². The Balaban J connectivity index is 2.83. The third-order valence-electron chi connectivity index (χ3n) is 1.92. The average molecular weight is 225 g/mol. The van der Waals surface area contributed by atoms with E-state index in [0.29, 0.717) is 5.56 Å². The zero-order valence-electron chi connectivity index (χ0n) is 8.67. The molecule has 0 aliphatic carbocycles. The van der Waals surface area contributed by atoms with Crippen molar-refractivity contribution in [2.24, 2.45) is 0 Å². The first-order valence-corrected chi connectivity index (χ1v) is 4.66. The molecule has 86 valence electrons. The van der Waals surface area contributed by atoms with Crippen LogP contribution in [0.4, 0.5) is 5.69 Å². The molecule has 0 saturated heterocycles. The Kier molecular flexibility index (Phi) is 3.82. The maximum atomic E-state index is 11.1. The second-order valence-electron chi connectivity index (χ2n) is 3.05. The summed E-state index contributed by atoms with van der Waals surface area (Å²) < 4.78 is 4.69. The molecule has 0 bridgehead atoms. The molecule has 0 amide bonds. The number of rotatable bonds is 4. The van der Waals surface area contributed by atoms with Crippen molar-refractivity contribution < 1.29 is 19.6 Å². The molecule has 0 aliphatic heterocycles. The van der Waals surface area contributed by atoms with Crippen LogP contribution >= 0.6 is 0 Å². The third-order valence-corrected chi connectivity index (χ3v) is 1.92. The Morgan fingerprint density at radius 1 is 1.56 bits per heavy atom. The van der Waals surface area contributed by atoms with E-state index in [0.717, 1.165) is 6.07 Å². The van der Waals surface area contributed by atoms with Gasteiger partial charge < -0.3 is 9.84 Å². The first-order valence-electron chi connectivity index (χ1n) is 4.66. The molecule has 0 spiro atoms. The molecule has 0 aromatic heterocycles. The van der Waals surface area contributed by atoms with E-state index in [9.17, 15) is 20.0 Å². The first-order chi connectivity index (χ1) is 7.54. The minimum Gasteiger partial charge on any atom is -0.507 e. The summed E-state index contributed by atoms with van der Waals surface area (Å²) in [5.41, 5.74) is 0.0918. The second-order valence-corrected chi connectivity index (χ2v) is 3.05. The molecular weight excluding hydrogens is 214 g/mol. The van der Waals surface area contributed by atoms with Crippen molar-refractivity contribution >= 4 is 11.7 Å². The number of non-ortho nitro benzene ring substituents is 1. The van der Waals surface area contributed by atoms with Crippen LogP contribution in [0.2, 0.25) is 0 Å². The monoisotopic (exact) mass is 225 g/mol. The number of ether oxygens (including phenoxy) is 1. The van der Waals surface area contributed by atoms with E-state index in [1.54, 1.807) is 6.92 Å². The van der Waals surface area contributed by atoms with Gasteiger partial charge in [-0.25, -0.2) is 0 Å². The Bertz CT molecular complexity index is 416. The summed E-state index contributed by atoms with van der Waals surface area (Å²) in [4.78, 5) is 20.9. The molecular formula is C10H11NO5. The summed E-state index contributed by atoms with van der Waals surface area (Å²) in [5.74, 6) is -0.756. The van der Waals surface area contributed by atoms with Gasteiger partial charge in [-0.15, -0.1) is 0 Å². The molecule has 16 heavy (non-hydrogen) atoms. The minimum atomic E-state index is -0.617. The molecule has 0 fully saturated rings. The highest BCUT2D eigenvalue weighted by Crippen LogP contribution is 2.23. The third kappa shape index (κ3) is 2.94. The molecule has 1 rings (SSSR count). The van der Waals surface area contributed by atoms with Crippen molar-refractivity contribution in [3.8, 4) is 5.75 Å².